The molecule has 0 aliphatic carbocycles. The standard InChI is InChI=1S/C22H20N4O4S/c1-3-21(27)24-22-15(2)25-30-20(22)13-8-16-6-11-19(12-7-16)31(28,29)26-18-9-4-17(14-23)5-10-18/h4-13,26H,3H2,1-2H3,(H,24,27)/b13-8-. The molecule has 2 aromatic carbocycles. The molecule has 0 spiro atoms. The van der Waals surface area contributed by atoms with Crippen molar-refractivity contribution < 1.29 is 17.7 Å². The van der Waals surface area contributed by atoms with Crippen LogP contribution in [-0.4, -0.2) is 19.5 Å². The summed E-state index contributed by atoms with van der Waals surface area (Å²) in [7, 11) is -3.77. The van der Waals surface area contributed by atoms with Gasteiger partial charge in [0.2, 0.25) is 5.91 Å². The number of nitrogens with zero attached hydrogens (tertiary/aromatic N) is 2. The average molecular weight is 436 g/mol. The molecule has 1 aromatic heterocycles. The van der Waals surface area contributed by atoms with E-state index in [1.807, 2.05) is 6.07 Å². The maximum atomic E-state index is 12.6. The maximum absolute atomic E-state index is 12.6. The lowest BCUT2D eigenvalue weighted by Crippen LogP contribution is -2.12. The van der Waals surface area contributed by atoms with E-state index in [4.69, 9.17) is 9.78 Å². The molecule has 158 valence electrons. The van der Waals surface area contributed by atoms with Gasteiger partial charge in [0.1, 0.15) is 11.4 Å². The van der Waals surface area contributed by atoms with Crippen LogP contribution in [0.3, 0.4) is 0 Å². The van der Waals surface area contributed by atoms with Crippen molar-refractivity contribution in [2.24, 2.45) is 0 Å². The summed E-state index contributed by atoms with van der Waals surface area (Å²) in [6.07, 6.45) is 3.72. The number of rotatable bonds is 7. The summed E-state index contributed by atoms with van der Waals surface area (Å²) in [5.74, 6) is 0.253. The minimum absolute atomic E-state index is 0.0976. The Kier molecular flexibility index (Phi) is 6.52. The summed E-state index contributed by atoms with van der Waals surface area (Å²) in [5.41, 5.74) is 2.62. The predicted molar refractivity (Wildman–Crippen MR) is 117 cm³/mol. The highest BCUT2D eigenvalue weighted by molar-refractivity contribution is 7.92. The van der Waals surface area contributed by atoms with Crippen LogP contribution >= 0.6 is 0 Å². The SMILES string of the molecule is CCC(=O)Nc1c(C)noc1/C=C\c1ccc(S(=O)(=O)Nc2ccc(C#N)cc2)cc1. The van der Waals surface area contributed by atoms with E-state index in [-0.39, 0.29) is 10.8 Å². The van der Waals surface area contributed by atoms with Crippen molar-refractivity contribution in [3.05, 3.63) is 71.1 Å². The molecule has 0 bridgehead atoms. The zero-order chi connectivity index (χ0) is 22.4. The first-order chi connectivity index (χ1) is 14.8. The first-order valence-corrected chi connectivity index (χ1v) is 10.9. The monoisotopic (exact) mass is 436 g/mol. The fourth-order valence-corrected chi connectivity index (χ4v) is 3.70. The van der Waals surface area contributed by atoms with E-state index in [9.17, 15) is 13.2 Å². The van der Waals surface area contributed by atoms with E-state index in [0.29, 0.717) is 34.8 Å². The number of carbonyl (C=O) groups excluding carboxylic acids is 1. The van der Waals surface area contributed by atoms with Crippen LogP contribution in [-0.2, 0) is 14.8 Å². The van der Waals surface area contributed by atoms with Crippen LogP contribution in [0.4, 0.5) is 11.4 Å². The summed E-state index contributed by atoms with van der Waals surface area (Å²) in [5, 5.41) is 15.4. The molecule has 3 rings (SSSR count). The second-order valence-electron chi connectivity index (χ2n) is 6.61. The molecule has 0 aliphatic heterocycles. The van der Waals surface area contributed by atoms with Gasteiger partial charge >= 0.3 is 0 Å². The highest BCUT2D eigenvalue weighted by Crippen LogP contribution is 2.23. The topological polar surface area (TPSA) is 125 Å². The van der Waals surface area contributed by atoms with Gasteiger partial charge in [0, 0.05) is 12.1 Å². The van der Waals surface area contributed by atoms with Crippen molar-refractivity contribution in [3.63, 3.8) is 0 Å². The number of anilines is 2. The van der Waals surface area contributed by atoms with Crippen LogP contribution in [0.5, 0.6) is 0 Å². The van der Waals surface area contributed by atoms with Crippen molar-refractivity contribution in [1.29, 1.82) is 5.26 Å². The van der Waals surface area contributed by atoms with E-state index in [1.165, 1.54) is 36.4 Å². The van der Waals surface area contributed by atoms with Gasteiger partial charge in [-0.1, -0.05) is 30.3 Å². The van der Waals surface area contributed by atoms with Crippen molar-refractivity contribution in [3.8, 4) is 6.07 Å². The molecule has 0 unspecified atom stereocenters. The number of amides is 1. The molecule has 0 saturated heterocycles. The molecule has 0 saturated carbocycles. The number of nitrogens with one attached hydrogen (secondary N) is 2. The molecule has 0 atom stereocenters. The number of aryl methyl sites for hydroxylation is 1. The van der Waals surface area contributed by atoms with Gasteiger partial charge in [0.05, 0.1) is 16.5 Å². The molecule has 0 fully saturated rings. The van der Waals surface area contributed by atoms with Gasteiger partial charge in [-0.2, -0.15) is 5.26 Å². The lowest BCUT2D eigenvalue weighted by Gasteiger charge is -2.08. The highest BCUT2D eigenvalue weighted by atomic mass is 32.2. The number of nitriles is 1. The Bertz CT molecular complexity index is 1250. The van der Waals surface area contributed by atoms with Gasteiger partial charge in [-0.05, 0) is 55.0 Å². The Balaban J connectivity index is 1.74. The predicted octanol–water partition coefficient (Wildman–Crippen LogP) is 4.17. The Morgan fingerprint density at radius 2 is 1.81 bits per heavy atom. The van der Waals surface area contributed by atoms with Gasteiger partial charge in [-0.25, -0.2) is 8.42 Å². The molecule has 1 heterocycles. The summed E-state index contributed by atoms with van der Waals surface area (Å²) in [6.45, 7) is 3.48. The number of aromatic nitrogens is 1. The van der Waals surface area contributed by atoms with Crippen LogP contribution in [0.1, 0.15) is 35.9 Å². The average Bonchev–Trinajstić information content (AvgIpc) is 3.12. The second kappa shape index (κ2) is 9.28. The Labute approximate surface area is 180 Å². The minimum Gasteiger partial charge on any atom is -0.354 e. The van der Waals surface area contributed by atoms with E-state index >= 15 is 0 Å². The number of carbonyl (C=O) groups is 1. The van der Waals surface area contributed by atoms with Gasteiger partial charge < -0.3 is 9.84 Å². The van der Waals surface area contributed by atoms with Crippen molar-refractivity contribution in [2.45, 2.75) is 25.2 Å². The molecule has 2 N–H and O–H groups in total. The highest BCUT2D eigenvalue weighted by Gasteiger charge is 2.15. The molecule has 31 heavy (non-hydrogen) atoms. The van der Waals surface area contributed by atoms with E-state index < -0.39 is 10.0 Å². The van der Waals surface area contributed by atoms with Crippen LogP contribution in [0.2, 0.25) is 0 Å². The fraction of sp³-hybridized carbons (Fsp3) is 0.136. The molecule has 9 heteroatoms. The van der Waals surface area contributed by atoms with Crippen molar-refractivity contribution in [2.75, 3.05) is 10.0 Å². The third kappa shape index (κ3) is 5.38. The van der Waals surface area contributed by atoms with Crippen LogP contribution < -0.4 is 10.0 Å². The zero-order valence-electron chi connectivity index (χ0n) is 16.9. The van der Waals surface area contributed by atoms with Gasteiger partial charge in [-0.3, -0.25) is 9.52 Å². The molecule has 1 amide bonds. The van der Waals surface area contributed by atoms with Crippen LogP contribution in [0.15, 0.2) is 57.9 Å². The molecule has 0 aliphatic rings. The molecule has 8 nitrogen and oxygen atoms in total. The van der Waals surface area contributed by atoms with Crippen molar-refractivity contribution in [1.82, 2.24) is 5.16 Å². The molecule has 3 aromatic rings. The van der Waals surface area contributed by atoms with E-state index in [2.05, 4.69) is 15.2 Å². The number of sulfonamides is 1. The summed E-state index contributed by atoms with van der Waals surface area (Å²) in [6, 6.07) is 14.4. The molecule has 0 radical (unpaired) electrons. The fourth-order valence-electron chi connectivity index (χ4n) is 2.64. The minimum atomic E-state index is -3.77. The largest absolute Gasteiger partial charge is 0.354 e. The van der Waals surface area contributed by atoms with Crippen LogP contribution in [0, 0.1) is 18.3 Å². The van der Waals surface area contributed by atoms with Gasteiger partial charge in [0.25, 0.3) is 10.0 Å². The molecular formula is C22H20N4O4S. The van der Waals surface area contributed by atoms with Crippen molar-refractivity contribution >= 4 is 39.5 Å². The number of hydrogen-bond donors (Lipinski definition) is 2. The Morgan fingerprint density at radius 3 is 2.42 bits per heavy atom. The Morgan fingerprint density at radius 1 is 1.13 bits per heavy atom. The summed E-state index contributed by atoms with van der Waals surface area (Å²) >= 11 is 0. The Hall–Kier alpha value is -3.90. The third-order valence-corrected chi connectivity index (χ3v) is 5.76. The lowest BCUT2D eigenvalue weighted by molar-refractivity contribution is -0.115. The zero-order valence-corrected chi connectivity index (χ0v) is 17.7. The maximum Gasteiger partial charge on any atom is 0.261 e. The second-order valence-corrected chi connectivity index (χ2v) is 8.29. The molecular weight excluding hydrogens is 416 g/mol. The smallest absolute Gasteiger partial charge is 0.261 e. The third-order valence-electron chi connectivity index (χ3n) is 4.36. The van der Waals surface area contributed by atoms with E-state index in [0.717, 1.165) is 5.56 Å². The van der Waals surface area contributed by atoms with Gasteiger partial charge in [0.15, 0.2) is 5.76 Å². The number of hydrogen-bond acceptors (Lipinski definition) is 6. The number of benzene rings is 2. The van der Waals surface area contributed by atoms with Gasteiger partial charge in [-0.15, -0.1) is 0 Å². The normalized spacial score (nSPS) is 11.3. The summed E-state index contributed by atoms with van der Waals surface area (Å²) in [4.78, 5) is 11.8. The first kappa shape index (κ1) is 21.8. The first-order valence-electron chi connectivity index (χ1n) is 9.39. The van der Waals surface area contributed by atoms with E-state index in [1.54, 1.807) is 38.1 Å². The van der Waals surface area contributed by atoms with Crippen LogP contribution in [0.25, 0.3) is 12.2 Å². The lowest BCUT2D eigenvalue weighted by atomic mass is 10.2. The quantitative estimate of drug-likeness (QED) is 0.572. The summed E-state index contributed by atoms with van der Waals surface area (Å²) < 4.78 is 32.9.